The Kier molecular flexibility index (Phi) is 4.47. The number of benzene rings is 1. The van der Waals surface area contributed by atoms with Gasteiger partial charge in [0.05, 0.1) is 18.4 Å². The number of nitrogens with two attached hydrogens (primary N) is 1. The number of nitrogens with zero attached hydrogens (tertiary/aromatic N) is 1. The Labute approximate surface area is 123 Å². The summed E-state index contributed by atoms with van der Waals surface area (Å²) in [6.07, 6.45) is 1.67. The van der Waals surface area contributed by atoms with Crippen LogP contribution in [0.4, 0.5) is 11.4 Å². The van der Waals surface area contributed by atoms with Gasteiger partial charge in [0.1, 0.15) is 11.8 Å². The Morgan fingerprint density at radius 1 is 1.52 bits per heavy atom. The van der Waals surface area contributed by atoms with Gasteiger partial charge in [-0.1, -0.05) is 0 Å². The van der Waals surface area contributed by atoms with Crippen LogP contribution in [0.1, 0.15) is 41.9 Å². The van der Waals surface area contributed by atoms with E-state index in [0.717, 1.165) is 11.4 Å². The van der Waals surface area contributed by atoms with E-state index in [1.807, 2.05) is 13.8 Å². The summed E-state index contributed by atoms with van der Waals surface area (Å²) in [4.78, 5) is 16.0. The second-order valence-corrected chi connectivity index (χ2v) is 4.70. The molecule has 0 fully saturated rings. The molecule has 112 valence electrons. The predicted octanol–water partition coefficient (Wildman–Crippen LogP) is 2.92. The number of nitrogen functional groups attached to an aromatic ring is 1. The summed E-state index contributed by atoms with van der Waals surface area (Å²) in [6, 6.07) is 5.00. The second-order valence-electron chi connectivity index (χ2n) is 4.70. The molecule has 0 saturated carbocycles. The van der Waals surface area contributed by atoms with Crippen molar-refractivity contribution in [2.24, 2.45) is 0 Å². The lowest BCUT2D eigenvalue weighted by Crippen LogP contribution is -2.11. The average molecular weight is 289 g/mol. The zero-order valence-corrected chi connectivity index (χ0v) is 12.3. The van der Waals surface area contributed by atoms with Gasteiger partial charge in [0.2, 0.25) is 5.89 Å². The quantitative estimate of drug-likeness (QED) is 0.649. The molecular weight excluding hydrogens is 270 g/mol. The SMILES string of the molecule is CCOC(=O)c1cc(NC(C)c2ncc(C)o2)ccc1N. The smallest absolute Gasteiger partial charge is 0.340 e. The number of esters is 1. The summed E-state index contributed by atoms with van der Waals surface area (Å²) < 4.78 is 10.4. The molecule has 0 spiro atoms. The van der Waals surface area contributed by atoms with Crippen LogP contribution in [-0.2, 0) is 4.74 Å². The van der Waals surface area contributed by atoms with E-state index in [4.69, 9.17) is 14.9 Å². The molecule has 6 heteroatoms. The van der Waals surface area contributed by atoms with E-state index in [1.54, 1.807) is 31.3 Å². The van der Waals surface area contributed by atoms with Gasteiger partial charge in [-0.3, -0.25) is 0 Å². The summed E-state index contributed by atoms with van der Waals surface area (Å²) in [5.74, 6) is 0.906. The van der Waals surface area contributed by atoms with Crippen molar-refractivity contribution in [3.05, 3.63) is 41.6 Å². The standard InChI is InChI=1S/C15H19N3O3/c1-4-20-15(19)12-7-11(5-6-13(12)16)18-10(3)14-17-8-9(2)21-14/h5-8,10,18H,4,16H2,1-3H3. The maximum atomic E-state index is 11.8. The Morgan fingerprint density at radius 2 is 2.29 bits per heavy atom. The highest BCUT2D eigenvalue weighted by Gasteiger charge is 2.15. The summed E-state index contributed by atoms with van der Waals surface area (Å²) in [7, 11) is 0. The minimum Gasteiger partial charge on any atom is -0.462 e. The van der Waals surface area contributed by atoms with Crippen molar-refractivity contribution in [3.63, 3.8) is 0 Å². The Balaban J connectivity index is 2.17. The van der Waals surface area contributed by atoms with E-state index in [-0.39, 0.29) is 6.04 Å². The Hall–Kier alpha value is -2.50. The zero-order valence-electron chi connectivity index (χ0n) is 12.3. The fourth-order valence-electron chi connectivity index (χ4n) is 1.92. The van der Waals surface area contributed by atoms with Crippen LogP contribution < -0.4 is 11.1 Å². The van der Waals surface area contributed by atoms with Gasteiger partial charge in [-0.25, -0.2) is 9.78 Å². The molecule has 0 aliphatic heterocycles. The lowest BCUT2D eigenvalue weighted by atomic mass is 10.1. The molecule has 3 N–H and O–H groups in total. The van der Waals surface area contributed by atoms with E-state index in [2.05, 4.69) is 10.3 Å². The number of rotatable bonds is 5. The number of carbonyl (C=O) groups is 1. The second kappa shape index (κ2) is 6.30. The topological polar surface area (TPSA) is 90.4 Å². The van der Waals surface area contributed by atoms with Crippen LogP contribution >= 0.6 is 0 Å². The highest BCUT2D eigenvalue weighted by atomic mass is 16.5. The number of oxazole rings is 1. The highest BCUT2D eigenvalue weighted by Crippen LogP contribution is 2.23. The summed E-state index contributed by atoms with van der Waals surface area (Å²) in [5, 5.41) is 3.22. The number of anilines is 2. The van der Waals surface area contributed by atoms with E-state index in [9.17, 15) is 4.79 Å². The van der Waals surface area contributed by atoms with Crippen LogP contribution in [0.25, 0.3) is 0 Å². The molecule has 1 atom stereocenters. The van der Waals surface area contributed by atoms with E-state index < -0.39 is 5.97 Å². The third kappa shape index (κ3) is 3.53. The largest absolute Gasteiger partial charge is 0.462 e. The van der Waals surface area contributed by atoms with Gasteiger partial charge in [-0.05, 0) is 39.0 Å². The lowest BCUT2D eigenvalue weighted by molar-refractivity contribution is 0.0527. The molecule has 0 bridgehead atoms. The van der Waals surface area contributed by atoms with Crippen LogP contribution in [0.2, 0.25) is 0 Å². The summed E-state index contributed by atoms with van der Waals surface area (Å²) >= 11 is 0. The molecule has 1 aromatic carbocycles. The van der Waals surface area contributed by atoms with Crippen molar-refractivity contribution in [3.8, 4) is 0 Å². The first-order valence-electron chi connectivity index (χ1n) is 6.76. The van der Waals surface area contributed by atoms with E-state index in [1.165, 1.54) is 0 Å². The number of carbonyl (C=O) groups excluding carboxylic acids is 1. The molecule has 6 nitrogen and oxygen atoms in total. The van der Waals surface area contributed by atoms with Gasteiger partial charge in [-0.15, -0.1) is 0 Å². The first kappa shape index (κ1) is 14.9. The number of hydrogen-bond donors (Lipinski definition) is 2. The predicted molar refractivity (Wildman–Crippen MR) is 80.1 cm³/mol. The van der Waals surface area contributed by atoms with Crippen LogP contribution in [0.5, 0.6) is 0 Å². The maximum absolute atomic E-state index is 11.8. The van der Waals surface area contributed by atoms with Crippen molar-refractivity contribution < 1.29 is 13.9 Å². The molecule has 2 rings (SSSR count). The van der Waals surface area contributed by atoms with Crippen LogP contribution in [0.15, 0.2) is 28.8 Å². The van der Waals surface area contributed by atoms with Crippen LogP contribution in [0, 0.1) is 6.92 Å². The van der Waals surface area contributed by atoms with Crippen LogP contribution in [-0.4, -0.2) is 17.6 Å². The molecule has 1 heterocycles. The molecule has 0 saturated heterocycles. The van der Waals surface area contributed by atoms with Gasteiger partial charge in [0.15, 0.2) is 0 Å². The van der Waals surface area contributed by atoms with Crippen molar-refractivity contribution in [1.29, 1.82) is 0 Å². The molecule has 1 aromatic heterocycles. The van der Waals surface area contributed by atoms with Gasteiger partial charge in [0.25, 0.3) is 0 Å². The molecule has 0 aliphatic carbocycles. The van der Waals surface area contributed by atoms with Gasteiger partial charge < -0.3 is 20.2 Å². The average Bonchev–Trinajstić information content (AvgIpc) is 2.88. The molecule has 0 aliphatic rings. The number of hydrogen-bond acceptors (Lipinski definition) is 6. The van der Waals surface area contributed by atoms with Crippen molar-refractivity contribution >= 4 is 17.3 Å². The van der Waals surface area contributed by atoms with Crippen LogP contribution in [0.3, 0.4) is 0 Å². The van der Waals surface area contributed by atoms with E-state index >= 15 is 0 Å². The number of nitrogens with one attached hydrogen (secondary N) is 1. The van der Waals surface area contributed by atoms with Crippen molar-refractivity contribution in [2.75, 3.05) is 17.7 Å². The summed E-state index contributed by atoms with van der Waals surface area (Å²) in [5.41, 5.74) is 7.28. The monoisotopic (exact) mass is 289 g/mol. The van der Waals surface area contributed by atoms with Crippen molar-refractivity contribution in [1.82, 2.24) is 4.98 Å². The molecule has 2 aromatic rings. The third-order valence-electron chi connectivity index (χ3n) is 2.94. The summed E-state index contributed by atoms with van der Waals surface area (Å²) in [6.45, 7) is 5.82. The fourth-order valence-corrected chi connectivity index (χ4v) is 1.92. The Bertz CT molecular complexity index is 637. The zero-order chi connectivity index (χ0) is 15.4. The van der Waals surface area contributed by atoms with Crippen molar-refractivity contribution in [2.45, 2.75) is 26.8 Å². The first-order valence-corrected chi connectivity index (χ1v) is 6.76. The van der Waals surface area contributed by atoms with Gasteiger partial charge in [0, 0.05) is 11.4 Å². The third-order valence-corrected chi connectivity index (χ3v) is 2.94. The number of aryl methyl sites for hydroxylation is 1. The molecule has 1 unspecified atom stereocenters. The molecular formula is C15H19N3O3. The highest BCUT2D eigenvalue weighted by molar-refractivity contribution is 5.96. The fraction of sp³-hybridized carbons (Fsp3) is 0.333. The van der Waals surface area contributed by atoms with E-state index in [0.29, 0.717) is 23.7 Å². The minimum absolute atomic E-state index is 0.127. The minimum atomic E-state index is -0.432. The van der Waals surface area contributed by atoms with Gasteiger partial charge >= 0.3 is 5.97 Å². The lowest BCUT2D eigenvalue weighted by Gasteiger charge is -2.14. The maximum Gasteiger partial charge on any atom is 0.340 e. The molecule has 0 amide bonds. The number of ether oxygens (including phenoxy) is 1. The molecule has 21 heavy (non-hydrogen) atoms. The normalized spacial score (nSPS) is 12.0. The Morgan fingerprint density at radius 3 is 2.90 bits per heavy atom. The first-order chi connectivity index (χ1) is 10.0. The molecule has 0 radical (unpaired) electrons. The number of aromatic nitrogens is 1. The van der Waals surface area contributed by atoms with Gasteiger partial charge in [-0.2, -0.15) is 0 Å².